The molecule has 0 unspecified atom stereocenters. The van der Waals surface area contributed by atoms with Gasteiger partial charge < -0.3 is 0 Å². The lowest BCUT2D eigenvalue weighted by Crippen LogP contribution is -2.12. The molecule has 106 valence electrons. The molecule has 0 saturated carbocycles. The number of thioether (sulfide) groups is 2. The standard InChI is InChI=1S/C17H21PS2/c1-12-10-14(6-8-16(12)19-4)18(3)15-7-9-17(20-5)13(2)11-15/h6-11H,1-5H3. The molecular weight excluding hydrogens is 299 g/mol. The number of hydrogen-bond acceptors (Lipinski definition) is 2. The van der Waals surface area contributed by atoms with Gasteiger partial charge in [-0.05, 0) is 74.8 Å². The number of hydrogen-bond donors (Lipinski definition) is 0. The first kappa shape index (κ1) is 15.9. The maximum absolute atomic E-state index is 2.36. The topological polar surface area (TPSA) is 0 Å². The molecule has 0 N–H and O–H groups in total. The van der Waals surface area contributed by atoms with Crippen molar-refractivity contribution < 1.29 is 0 Å². The predicted molar refractivity (Wildman–Crippen MR) is 98.0 cm³/mol. The minimum absolute atomic E-state index is 0.256. The van der Waals surface area contributed by atoms with Gasteiger partial charge in [-0.3, -0.25) is 0 Å². The predicted octanol–water partition coefficient (Wildman–Crippen LogP) is 4.81. The molecule has 0 aliphatic carbocycles. The lowest BCUT2D eigenvalue weighted by Gasteiger charge is -2.16. The van der Waals surface area contributed by atoms with Crippen molar-refractivity contribution in [2.45, 2.75) is 23.6 Å². The van der Waals surface area contributed by atoms with Crippen molar-refractivity contribution in [3.63, 3.8) is 0 Å². The molecule has 2 aromatic rings. The molecule has 20 heavy (non-hydrogen) atoms. The lowest BCUT2D eigenvalue weighted by molar-refractivity contribution is 1.32. The zero-order chi connectivity index (χ0) is 14.7. The average Bonchev–Trinajstić information content (AvgIpc) is 2.46. The molecule has 0 spiro atoms. The summed E-state index contributed by atoms with van der Waals surface area (Å²) in [6.45, 7) is 6.78. The van der Waals surface area contributed by atoms with Crippen LogP contribution in [0.3, 0.4) is 0 Å². The second kappa shape index (κ2) is 7.02. The Morgan fingerprint density at radius 2 is 1.15 bits per heavy atom. The molecule has 0 saturated heterocycles. The summed E-state index contributed by atoms with van der Waals surface area (Å²) < 4.78 is 0. The van der Waals surface area contributed by atoms with E-state index in [2.05, 4.69) is 69.4 Å². The molecule has 0 radical (unpaired) electrons. The van der Waals surface area contributed by atoms with E-state index in [1.807, 2.05) is 23.5 Å². The van der Waals surface area contributed by atoms with Crippen LogP contribution in [0.25, 0.3) is 0 Å². The van der Waals surface area contributed by atoms with E-state index in [9.17, 15) is 0 Å². The van der Waals surface area contributed by atoms with E-state index in [0.717, 1.165) is 0 Å². The van der Waals surface area contributed by atoms with Crippen LogP contribution in [-0.4, -0.2) is 19.2 Å². The Labute approximate surface area is 132 Å². The summed E-state index contributed by atoms with van der Waals surface area (Å²) in [5.41, 5.74) is 2.78. The van der Waals surface area contributed by atoms with Gasteiger partial charge >= 0.3 is 0 Å². The van der Waals surface area contributed by atoms with E-state index in [1.165, 1.54) is 31.5 Å². The fourth-order valence-corrected chi connectivity index (χ4v) is 5.13. The van der Waals surface area contributed by atoms with Crippen LogP contribution in [0.15, 0.2) is 46.2 Å². The summed E-state index contributed by atoms with van der Waals surface area (Å²) >= 11 is 3.65. The third-order valence-electron chi connectivity index (χ3n) is 3.53. The van der Waals surface area contributed by atoms with Crippen molar-refractivity contribution in [1.82, 2.24) is 0 Å². The van der Waals surface area contributed by atoms with E-state index in [0.29, 0.717) is 0 Å². The van der Waals surface area contributed by atoms with Crippen molar-refractivity contribution in [1.29, 1.82) is 0 Å². The Morgan fingerprint density at radius 3 is 1.45 bits per heavy atom. The monoisotopic (exact) mass is 320 g/mol. The number of benzene rings is 2. The quantitative estimate of drug-likeness (QED) is 0.586. The van der Waals surface area contributed by atoms with Crippen LogP contribution in [-0.2, 0) is 0 Å². The zero-order valence-corrected chi connectivity index (χ0v) is 15.3. The number of aryl methyl sites for hydroxylation is 2. The van der Waals surface area contributed by atoms with E-state index >= 15 is 0 Å². The number of rotatable bonds is 4. The Bertz CT molecular complexity index is 554. The van der Waals surface area contributed by atoms with Crippen LogP contribution in [0.1, 0.15) is 11.1 Å². The van der Waals surface area contributed by atoms with Crippen molar-refractivity contribution in [3.05, 3.63) is 47.5 Å². The van der Waals surface area contributed by atoms with E-state index < -0.39 is 0 Å². The summed E-state index contributed by atoms with van der Waals surface area (Å²) in [7, 11) is -0.256. The molecule has 0 amide bonds. The van der Waals surface area contributed by atoms with Crippen molar-refractivity contribution in [2.75, 3.05) is 19.2 Å². The highest BCUT2D eigenvalue weighted by molar-refractivity contribution is 7.98. The molecule has 0 nitrogen and oxygen atoms in total. The molecule has 0 aromatic heterocycles. The first-order chi connectivity index (χ1) is 9.56. The van der Waals surface area contributed by atoms with E-state index in [4.69, 9.17) is 0 Å². The Kier molecular flexibility index (Phi) is 5.60. The maximum atomic E-state index is 2.36. The molecule has 2 rings (SSSR count). The fourth-order valence-electron chi connectivity index (χ4n) is 2.29. The summed E-state index contributed by atoms with van der Waals surface area (Å²) in [4.78, 5) is 2.76. The van der Waals surface area contributed by atoms with E-state index in [1.54, 1.807) is 0 Å². The van der Waals surface area contributed by atoms with Gasteiger partial charge in [0, 0.05) is 9.79 Å². The summed E-state index contributed by atoms with van der Waals surface area (Å²) in [5.74, 6) is 0. The van der Waals surface area contributed by atoms with Crippen LogP contribution >= 0.6 is 31.4 Å². The Balaban J connectivity index is 2.33. The van der Waals surface area contributed by atoms with Gasteiger partial charge in [-0.15, -0.1) is 23.5 Å². The molecule has 2 aromatic carbocycles. The second-order valence-electron chi connectivity index (χ2n) is 4.87. The van der Waals surface area contributed by atoms with Gasteiger partial charge in [-0.25, -0.2) is 0 Å². The maximum Gasteiger partial charge on any atom is 0.00988 e. The zero-order valence-electron chi connectivity index (χ0n) is 12.7. The van der Waals surface area contributed by atoms with Gasteiger partial charge in [-0.2, -0.15) is 0 Å². The van der Waals surface area contributed by atoms with Crippen LogP contribution in [0.5, 0.6) is 0 Å². The van der Waals surface area contributed by atoms with Crippen LogP contribution in [0.2, 0.25) is 0 Å². The highest BCUT2D eigenvalue weighted by Gasteiger charge is 2.10. The molecule has 0 aliphatic heterocycles. The average molecular weight is 320 g/mol. The Morgan fingerprint density at radius 1 is 0.750 bits per heavy atom. The minimum Gasteiger partial charge on any atom is -0.129 e. The van der Waals surface area contributed by atoms with Crippen LogP contribution < -0.4 is 10.6 Å². The highest BCUT2D eigenvalue weighted by Crippen LogP contribution is 2.32. The summed E-state index contributed by atoms with van der Waals surface area (Å²) in [6, 6.07) is 13.8. The molecule has 0 heterocycles. The molecule has 0 fully saturated rings. The molecule has 3 heteroatoms. The van der Waals surface area contributed by atoms with Gasteiger partial charge in [-0.1, -0.05) is 24.3 Å². The Hall–Kier alpha value is -0.430. The van der Waals surface area contributed by atoms with Gasteiger partial charge in [0.05, 0.1) is 0 Å². The molecule has 0 atom stereocenters. The first-order valence-electron chi connectivity index (χ1n) is 6.60. The van der Waals surface area contributed by atoms with Crippen molar-refractivity contribution >= 4 is 42.1 Å². The van der Waals surface area contributed by atoms with Gasteiger partial charge in [0.25, 0.3) is 0 Å². The SMILES string of the molecule is CSc1ccc(P(C)c2ccc(SC)c(C)c2)cc1C. The third-order valence-corrected chi connectivity index (χ3v) is 7.43. The summed E-state index contributed by atoms with van der Waals surface area (Å²) in [5, 5.41) is 2.93. The minimum atomic E-state index is -0.256. The van der Waals surface area contributed by atoms with Gasteiger partial charge in [0.15, 0.2) is 0 Å². The van der Waals surface area contributed by atoms with Gasteiger partial charge in [0.2, 0.25) is 0 Å². The summed E-state index contributed by atoms with van der Waals surface area (Å²) in [6.07, 6.45) is 4.28. The van der Waals surface area contributed by atoms with Crippen LogP contribution in [0, 0.1) is 13.8 Å². The van der Waals surface area contributed by atoms with Crippen molar-refractivity contribution in [2.24, 2.45) is 0 Å². The first-order valence-corrected chi connectivity index (χ1v) is 10.8. The fraction of sp³-hybridized carbons (Fsp3) is 0.294. The smallest absolute Gasteiger partial charge is 0.00988 e. The van der Waals surface area contributed by atoms with E-state index in [-0.39, 0.29) is 7.92 Å². The third kappa shape index (κ3) is 3.42. The largest absolute Gasteiger partial charge is 0.129 e. The molecule has 0 bridgehead atoms. The second-order valence-corrected chi connectivity index (χ2v) is 8.71. The molecular formula is C17H21PS2. The highest BCUT2D eigenvalue weighted by atomic mass is 32.2. The normalized spacial score (nSPS) is 11.1. The van der Waals surface area contributed by atoms with Crippen LogP contribution in [0.4, 0.5) is 0 Å². The molecule has 0 aliphatic rings. The van der Waals surface area contributed by atoms with Crippen molar-refractivity contribution in [3.8, 4) is 0 Å². The van der Waals surface area contributed by atoms with Gasteiger partial charge in [0.1, 0.15) is 0 Å². The lowest BCUT2D eigenvalue weighted by atomic mass is 10.2.